The lowest BCUT2D eigenvalue weighted by Crippen LogP contribution is -2.51. The van der Waals surface area contributed by atoms with Crippen LogP contribution in [0.25, 0.3) is 0 Å². The molecule has 1 aliphatic carbocycles. The van der Waals surface area contributed by atoms with Crippen molar-refractivity contribution in [2.75, 3.05) is 19.3 Å². The molecule has 2 N–H and O–H groups in total. The SMILES string of the molecule is CC1SCCCC1N(C)C1CCCCC1CN. The van der Waals surface area contributed by atoms with E-state index in [1.165, 1.54) is 44.3 Å². The molecule has 0 radical (unpaired) electrons. The van der Waals surface area contributed by atoms with Crippen LogP contribution >= 0.6 is 11.8 Å². The van der Waals surface area contributed by atoms with Crippen LogP contribution in [0, 0.1) is 5.92 Å². The third-order valence-corrected chi connectivity index (χ3v) is 6.15. The van der Waals surface area contributed by atoms with Gasteiger partial charge in [0.15, 0.2) is 0 Å². The van der Waals surface area contributed by atoms with Crippen LogP contribution in [0.1, 0.15) is 45.4 Å². The second kappa shape index (κ2) is 6.44. The first-order valence-electron chi connectivity index (χ1n) is 7.27. The van der Waals surface area contributed by atoms with Gasteiger partial charge in [0.25, 0.3) is 0 Å². The molecule has 100 valence electrons. The van der Waals surface area contributed by atoms with E-state index in [-0.39, 0.29) is 0 Å². The zero-order valence-corrected chi connectivity index (χ0v) is 12.2. The number of rotatable bonds is 3. The Morgan fingerprint density at radius 1 is 1.12 bits per heavy atom. The molecule has 4 unspecified atom stereocenters. The predicted molar refractivity (Wildman–Crippen MR) is 77.5 cm³/mol. The minimum absolute atomic E-state index is 0.743. The van der Waals surface area contributed by atoms with Gasteiger partial charge in [0.2, 0.25) is 0 Å². The fourth-order valence-electron chi connectivity index (χ4n) is 3.69. The lowest BCUT2D eigenvalue weighted by Gasteiger charge is -2.45. The number of hydrogen-bond acceptors (Lipinski definition) is 3. The largest absolute Gasteiger partial charge is 0.330 e. The summed E-state index contributed by atoms with van der Waals surface area (Å²) in [6.07, 6.45) is 8.29. The third kappa shape index (κ3) is 3.18. The van der Waals surface area contributed by atoms with Crippen molar-refractivity contribution in [2.45, 2.75) is 62.8 Å². The number of hydrogen-bond donors (Lipinski definition) is 1. The third-order valence-electron chi connectivity index (χ3n) is 4.78. The molecule has 0 aromatic rings. The summed E-state index contributed by atoms with van der Waals surface area (Å²) in [6.45, 7) is 3.29. The molecule has 1 heterocycles. The lowest BCUT2D eigenvalue weighted by atomic mass is 9.82. The molecule has 0 amide bonds. The lowest BCUT2D eigenvalue weighted by molar-refractivity contribution is 0.0863. The van der Waals surface area contributed by atoms with Gasteiger partial charge in [0.05, 0.1) is 0 Å². The molecule has 1 saturated heterocycles. The standard InChI is InChI=1S/C14H28N2S/c1-11-13(8-5-9-17-11)16(2)14-7-4-3-6-12(14)10-15/h11-14H,3-10,15H2,1-2H3. The van der Waals surface area contributed by atoms with E-state index < -0.39 is 0 Å². The maximum Gasteiger partial charge on any atom is 0.0212 e. The molecule has 2 aliphatic rings. The number of nitrogens with zero attached hydrogens (tertiary/aromatic N) is 1. The smallest absolute Gasteiger partial charge is 0.0212 e. The highest BCUT2D eigenvalue weighted by molar-refractivity contribution is 7.99. The molecule has 0 bridgehead atoms. The Bertz CT molecular complexity index is 234. The Morgan fingerprint density at radius 2 is 1.82 bits per heavy atom. The highest BCUT2D eigenvalue weighted by Gasteiger charge is 2.34. The Kier molecular flexibility index (Phi) is 5.19. The summed E-state index contributed by atoms with van der Waals surface area (Å²) in [7, 11) is 2.35. The van der Waals surface area contributed by atoms with Crippen molar-refractivity contribution in [1.29, 1.82) is 0 Å². The summed E-state index contributed by atoms with van der Waals surface area (Å²) in [5, 5.41) is 0.800. The number of thioether (sulfide) groups is 1. The molecule has 0 aromatic carbocycles. The Labute approximate surface area is 111 Å². The van der Waals surface area contributed by atoms with Crippen molar-refractivity contribution in [3.8, 4) is 0 Å². The van der Waals surface area contributed by atoms with Crippen LogP contribution in [-0.2, 0) is 0 Å². The zero-order valence-electron chi connectivity index (χ0n) is 11.4. The molecular weight excluding hydrogens is 228 g/mol. The van der Waals surface area contributed by atoms with Gasteiger partial charge in [0.1, 0.15) is 0 Å². The summed E-state index contributed by atoms with van der Waals surface area (Å²) >= 11 is 2.15. The summed E-state index contributed by atoms with van der Waals surface area (Å²) in [4.78, 5) is 2.69. The Balaban J connectivity index is 1.98. The molecule has 0 spiro atoms. The van der Waals surface area contributed by atoms with Crippen LogP contribution in [0.3, 0.4) is 0 Å². The number of nitrogens with two attached hydrogens (primary N) is 1. The van der Waals surface area contributed by atoms with Crippen molar-refractivity contribution in [3.63, 3.8) is 0 Å². The molecule has 2 fully saturated rings. The van der Waals surface area contributed by atoms with Crippen molar-refractivity contribution < 1.29 is 0 Å². The first-order valence-corrected chi connectivity index (χ1v) is 8.32. The average Bonchev–Trinajstić information content (AvgIpc) is 2.38. The predicted octanol–water partition coefficient (Wildman–Crippen LogP) is 2.72. The van der Waals surface area contributed by atoms with Gasteiger partial charge in [-0.1, -0.05) is 19.8 Å². The van der Waals surface area contributed by atoms with E-state index in [1.807, 2.05) is 0 Å². The van der Waals surface area contributed by atoms with Gasteiger partial charge in [-0.05, 0) is 50.9 Å². The van der Waals surface area contributed by atoms with Crippen molar-refractivity contribution in [2.24, 2.45) is 11.7 Å². The molecule has 1 saturated carbocycles. The highest BCUT2D eigenvalue weighted by Crippen LogP contribution is 2.34. The van der Waals surface area contributed by atoms with Crippen LogP contribution < -0.4 is 5.73 Å². The minimum atomic E-state index is 0.743. The van der Waals surface area contributed by atoms with Crippen molar-refractivity contribution >= 4 is 11.8 Å². The van der Waals surface area contributed by atoms with Gasteiger partial charge in [-0.15, -0.1) is 0 Å². The van der Waals surface area contributed by atoms with Crippen LogP contribution in [0.15, 0.2) is 0 Å². The second-order valence-corrected chi connectivity index (χ2v) is 7.28. The summed E-state index contributed by atoms with van der Waals surface area (Å²) < 4.78 is 0. The van der Waals surface area contributed by atoms with Gasteiger partial charge in [-0.2, -0.15) is 11.8 Å². The van der Waals surface area contributed by atoms with Gasteiger partial charge in [-0.25, -0.2) is 0 Å². The molecule has 17 heavy (non-hydrogen) atoms. The van der Waals surface area contributed by atoms with Crippen LogP contribution in [0.4, 0.5) is 0 Å². The minimum Gasteiger partial charge on any atom is -0.330 e. The summed E-state index contributed by atoms with van der Waals surface area (Å²) in [5.41, 5.74) is 5.96. The van der Waals surface area contributed by atoms with E-state index in [4.69, 9.17) is 5.73 Å². The van der Waals surface area contributed by atoms with E-state index in [0.717, 1.165) is 29.8 Å². The molecule has 4 atom stereocenters. The first kappa shape index (κ1) is 13.7. The maximum absolute atomic E-state index is 5.96. The van der Waals surface area contributed by atoms with Gasteiger partial charge in [-0.3, -0.25) is 4.90 Å². The second-order valence-electron chi connectivity index (χ2n) is 5.80. The van der Waals surface area contributed by atoms with Gasteiger partial charge < -0.3 is 5.73 Å². The average molecular weight is 256 g/mol. The molecule has 2 nitrogen and oxygen atoms in total. The van der Waals surface area contributed by atoms with Gasteiger partial charge >= 0.3 is 0 Å². The van der Waals surface area contributed by atoms with Crippen LogP contribution in [0.5, 0.6) is 0 Å². The van der Waals surface area contributed by atoms with Crippen LogP contribution in [0.2, 0.25) is 0 Å². The molecule has 0 aromatic heterocycles. The topological polar surface area (TPSA) is 29.3 Å². The fourth-order valence-corrected chi connectivity index (χ4v) is 4.94. The Morgan fingerprint density at radius 3 is 2.53 bits per heavy atom. The zero-order chi connectivity index (χ0) is 12.3. The Hall–Kier alpha value is 0.270. The molecule has 1 aliphatic heterocycles. The molecular formula is C14H28N2S. The van der Waals surface area contributed by atoms with Crippen molar-refractivity contribution in [3.05, 3.63) is 0 Å². The fraction of sp³-hybridized carbons (Fsp3) is 1.00. The normalized spacial score (nSPS) is 39.5. The maximum atomic E-state index is 5.96. The monoisotopic (exact) mass is 256 g/mol. The first-order chi connectivity index (χ1) is 8.24. The molecule has 3 heteroatoms. The van der Waals surface area contributed by atoms with E-state index >= 15 is 0 Å². The van der Waals surface area contributed by atoms with Crippen LogP contribution in [-0.4, -0.2) is 41.6 Å². The quantitative estimate of drug-likeness (QED) is 0.842. The van der Waals surface area contributed by atoms with E-state index in [1.54, 1.807) is 0 Å². The summed E-state index contributed by atoms with van der Waals surface area (Å²) in [6, 6.07) is 1.53. The highest BCUT2D eigenvalue weighted by atomic mass is 32.2. The molecule has 2 rings (SSSR count). The van der Waals surface area contributed by atoms with Gasteiger partial charge in [0, 0.05) is 17.3 Å². The van der Waals surface area contributed by atoms with E-state index in [0.29, 0.717) is 0 Å². The van der Waals surface area contributed by atoms with E-state index in [9.17, 15) is 0 Å². The van der Waals surface area contributed by atoms with Crippen molar-refractivity contribution in [1.82, 2.24) is 4.90 Å². The van der Waals surface area contributed by atoms with E-state index in [2.05, 4.69) is 30.6 Å². The summed E-state index contributed by atoms with van der Waals surface area (Å²) in [5.74, 6) is 2.10.